The molecule has 2 N–H and O–H groups in total. The minimum atomic E-state index is -2.91. The van der Waals surface area contributed by atoms with E-state index in [4.69, 9.17) is 10.5 Å². The van der Waals surface area contributed by atoms with E-state index in [9.17, 15) is 13.6 Å². The summed E-state index contributed by atoms with van der Waals surface area (Å²) in [5, 5.41) is 0. The number of ether oxygens (including phenoxy) is 2. The zero-order valence-electron chi connectivity index (χ0n) is 9.37. The van der Waals surface area contributed by atoms with Gasteiger partial charge in [0.2, 0.25) is 0 Å². The molecule has 1 heterocycles. The number of nitrogen functional groups attached to an aromatic ring is 1. The highest BCUT2D eigenvalue weighted by molar-refractivity contribution is 5.92. The van der Waals surface area contributed by atoms with Crippen molar-refractivity contribution < 1.29 is 23.0 Å². The van der Waals surface area contributed by atoms with E-state index in [0.29, 0.717) is 0 Å². The molecule has 5 nitrogen and oxygen atoms in total. The molecular weight excluding hydrogens is 234 g/mol. The molecule has 0 aromatic carbocycles. The molecule has 1 aromatic heterocycles. The first kappa shape index (κ1) is 13.1. The van der Waals surface area contributed by atoms with Crippen LogP contribution in [0, 0.1) is 0 Å². The number of aromatic nitrogens is 1. The van der Waals surface area contributed by atoms with E-state index in [0.717, 1.165) is 6.20 Å². The lowest BCUT2D eigenvalue weighted by Gasteiger charge is -2.13. The molecule has 0 saturated heterocycles. The van der Waals surface area contributed by atoms with Gasteiger partial charge in [0.25, 0.3) is 6.43 Å². The van der Waals surface area contributed by atoms with E-state index < -0.39 is 18.0 Å². The number of methoxy groups -OCH3 is 1. The van der Waals surface area contributed by atoms with Gasteiger partial charge in [0.15, 0.2) is 11.6 Å². The molecule has 0 atom stereocenters. The normalized spacial score (nSPS) is 10.4. The van der Waals surface area contributed by atoms with Crippen molar-refractivity contribution in [2.75, 3.05) is 19.5 Å². The summed E-state index contributed by atoms with van der Waals surface area (Å²) in [6.07, 6.45) is -1.95. The first-order valence-electron chi connectivity index (χ1n) is 4.80. The third-order valence-corrected chi connectivity index (χ3v) is 2.02. The summed E-state index contributed by atoms with van der Waals surface area (Å²) in [6, 6.07) is 0. The molecule has 94 valence electrons. The standard InChI is InChI=1S/C10H12F2N2O3/c1-3-17-10(15)5-4-14-9(13)7(16-2)6(5)8(11)12/h4,8H,3H2,1-2H3,(H2,13,14). The number of halogens is 2. The van der Waals surface area contributed by atoms with Gasteiger partial charge >= 0.3 is 5.97 Å². The van der Waals surface area contributed by atoms with Crippen LogP contribution in [0.2, 0.25) is 0 Å². The molecule has 0 amide bonds. The summed E-state index contributed by atoms with van der Waals surface area (Å²) in [4.78, 5) is 15.1. The average molecular weight is 246 g/mol. The minimum Gasteiger partial charge on any atom is -0.492 e. The number of anilines is 1. The van der Waals surface area contributed by atoms with Gasteiger partial charge in [-0.05, 0) is 6.92 Å². The summed E-state index contributed by atoms with van der Waals surface area (Å²) in [5.74, 6) is -1.38. The Bertz CT molecular complexity index is 424. The first-order chi connectivity index (χ1) is 8.02. The average Bonchev–Trinajstić information content (AvgIpc) is 2.28. The van der Waals surface area contributed by atoms with Gasteiger partial charge in [-0.2, -0.15) is 0 Å². The summed E-state index contributed by atoms with van der Waals surface area (Å²) in [6.45, 7) is 1.65. The minimum absolute atomic E-state index is 0.0776. The van der Waals surface area contributed by atoms with Crippen molar-refractivity contribution >= 4 is 11.8 Å². The lowest BCUT2D eigenvalue weighted by Crippen LogP contribution is -2.12. The fourth-order valence-corrected chi connectivity index (χ4v) is 1.33. The molecule has 0 aliphatic carbocycles. The fourth-order valence-electron chi connectivity index (χ4n) is 1.33. The third kappa shape index (κ3) is 2.61. The number of nitrogens with two attached hydrogens (primary N) is 1. The van der Waals surface area contributed by atoms with Gasteiger partial charge in [-0.1, -0.05) is 0 Å². The maximum absolute atomic E-state index is 12.9. The van der Waals surface area contributed by atoms with Crippen LogP contribution >= 0.6 is 0 Å². The second-order valence-electron chi connectivity index (χ2n) is 3.03. The summed E-state index contributed by atoms with van der Waals surface area (Å²) in [7, 11) is 1.17. The van der Waals surface area contributed by atoms with Crippen molar-refractivity contribution in [1.82, 2.24) is 4.98 Å². The van der Waals surface area contributed by atoms with Crippen molar-refractivity contribution in [3.05, 3.63) is 17.3 Å². The molecular formula is C10H12F2N2O3. The third-order valence-electron chi connectivity index (χ3n) is 2.02. The van der Waals surface area contributed by atoms with Crippen LogP contribution in [0.15, 0.2) is 6.20 Å². The lowest BCUT2D eigenvalue weighted by atomic mass is 10.1. The molecule has 17 heavy (non-hydrogen) atoms. The molecule has 0 aliphatic heterocycles. The Morgan fingerprint density at radius 2 is 2.24 bits per heavy atom. The largest absolute Gasteiger partial charge is 0.492 e. The predicted molar refractivity (Wildman–Crippen MR) is 56.1 cm³/mol. The smallest absolute Gasteiger partial charge is 0.340 e. The maximum Gasteiger partial charge on any atom is 0.340 e. The number of pyridine rings is 1. The molecule has 7 heteroatoms. The van der Waals surface area contributed by atoms with Crippen LogP contribution in [0.25, 0.3) is 0 Å². The topological polar surface area (TPSA) is 74.4 Å². The lowest BCUT2D eigenvalue weighted by molar-refractivity contribution is 0.0513. The van der Waals surface area contributed by atoms with Crippen molar-refractivity contribution in [3.63, 3.8) is 0 Å². The monoisotopic (exact) mass is 246 g/mol. The van der Waals surface area contributed by atoms with Crippen molar-refractivity contribution in [2.24, 2.45) is 0 Å². The number of rotatable bonds is 4. The Morgan fingerprint density at radius 1 is 1.59 bits per heavy atom. The number of esters is 1. The molecule has 1 aromatic rings. The number of carbonyl (C=O) groups excluding carboxylic acids is 1. The SMILES string of the molecule is CCOC(=O)c1cnc(N)c(OC)c1C(F)F. The predicted octanol–water partition coefficient (Wildman–Crippen LogP) is 1.79. The fraction of sp³-hybridized carbons (Fsp3) is 0.400. The van der Waals surface area contributed by atoms with E-state index in [1.54, 1.807) is 6.92 Å². The molecule has 0 aliphatic rings. The van der Waals surface area contributed by atoms with Gasteiger partial charge in [-0.15, -0.1) is 0 Å². The van der Waals surface area contributed by atoms with E-state index in [1.165, 1.54) is 7.11 Å². The molecule has 0 bridgehead atoms. The Hall–Kier alpha value is -1.92. The van der Waals surface area contributed by atoms with Gasteiger partial charge in [0.1, 0.15) is 0 Å². The van der Waals surface area contributed by atoms with Crippen molar-refractivity contribution in [1.29, 1.82) is 0 Å². The van der Waals surface area contributed by atoms with Crippen LogP contribution in [0.5, 0.6) is 5.75 Å². The Balaban J connectivity index is 3.35. The van der Waals surface area contributed by atoms with Crippen molar-refractivity contribution in [2.45, 2.75) is 13.3 Å². The van der Waals surface area contributed by atoms with E-state index in [-0.39, 0.29) is 23.7 Å². The number of nitrogens with zero attached hydrogens (tertiary/aromatic N) is 1. The Kier molecular flexibility index (Phi) is 4.19. The highest BCUT2D eigenvalue weighted by atomic mass is 19.3. The molecule has 0 unspecified atom stereocenters. The zero-order chi connectivity index (χ0) is 13.0. The summed E-state index contributed by atoms with van der Waals surface area (Å²) >= 11 is 0. The molecule has 0 radical (unpaired) electrons. The van der Waals surface area contributed by atoms with Gasteiger partial charge in [0, 0.05) is 6.20 Å². The molecule has 1 rings (SSSR count). The molecule has 0 spiro atoms. The highest BCUT2D eigenvalue weighted by Crippen LogP contribution is 2.35. The number of carbonyl (C=O) groups is 1. The maximum atomic E-state index is 12.9. The molecule has 0 fully saturated rings. The van der Waals surface area contributed by atoms with Gasteiger partial charge < -0.3 is 15.2 Å². The van der Waals surface area contributed by atoms with Crippen LogP contribution in [0.4, 0.5) is 14.6 Å². The van der Waals surface area contributed by atoms with Crippen LogP contribution in [0.3, 0.4) is 0 Å². The van der Waals surface area contributed by atoms with Crippen LogP contribution in [0.1, 0.15) is 29.3 Å². The van der Waals surface area contributed by atoms with Crippen LogP contribution < -0.4 is 10.5 Å². The molecule has 0 saturated carbocycles. The number of alkyl halides is 2. The van der Waals surface area contributed by atoms with E-state index in [1.807, 2.05) is 0 Å². The summed E-state index contributed by atoms with van der Waals surface area (Å²) in [5.41, 5.74) is 4.45. The van der Waals surface area contributed by atoms with Crippen molar-refractivity contribution in [3.8, 4) is 5.75 Å². The summed E-state index contributed by atoms with van der Waals surface area (Å²) < 4.78 is 35.1. The van der Waals surface area contributed by atoms with Gasteiger partial charge in [-0.3, -0.25) is 0 Å². The highest BCUT2D eigenvalue weighted by Gasteiger charge is 2.26. The number of hydrogen-bond donors (Lipinski definition) is 1. The van der Waals surface area contributed by atoms with Gasteiger partial charge in [-0.25, -0.2) is 18.6 Å². The van der Waals surface area contributed by atoms with Crippen LogP contribution in [-0.2, 0) is 4.74 Å². The first-order valence-corrected chi connectivity index (χ1v) is 4.80. The quantitative estimate of drug-likeness (QED) is 0.820. The zero-order valence-corrected chi connectivity index (χ0v) is 9.37. The Labute approximate surface area is 96.5 Å². The number of hydrogen-bond acceptors (Lipinski definition) is 5. The second kappa shape index (κ2) is 5.42. The Morgan fingerprint density at radius 3 is 2.71 bits per heavy atom. The van der Waals surface area contributed by atoms with E-state index >= 15 is 0 Å². The van der Waals surface area contributed by atoms with Crippen LogP contribution in [-0.4, -0.2) is 24.7 Å². The van der Waals surface area contributed by atoms with E-state index in [2.05, 4.69) is 9.72 Å². The second-order valence-corrected chi connectivity index (χ2v) is 3.03. The van der Waals surface area contributed by atoms with Gasteiger partial charge in [0.05, 0.1) is 24.8 Å².